The third-order valence-corrected chi connectivity index (χ3v) is 7.97. The van der Waals surface area contributed by atoms with Crippen molar-refractivity contribution < 1.29 is 28.9 Å². The summed E-state index contributed by atoms with van der Waals surface area (Å²) < 4.78 is 18.2. The number of rotatable bonds is 11. The molecule has 6 unspecified atom stereocenters. The van der Waals surface area contributed by atoms with E-state index in [0.717, 1.165) is 22.3 Å². The number of aliphatic hydroxyl groups is 1. The Balaban J connectivity index is 1.50. The van der Waals surface area contributed by atoms with Gasteiger partial charge in [0.25, 0.3) is 5.91 Å². The van der Waals surface area contributed by atoms with Gasteiger partial charge in [0, 0.05) is 37.5 Å². The van der Waals surface area contributed by atoms with E-state index in [1.165, 1.54) is 12.5 Å². The Labute approximate surface area is 248 Å². The van der Waals surface area contributed by atoms with Crippen LogP contribution >= 0.6 is 0 Å². The summed E-state index contributed by atoms with van der Waals surface area (Å²) in [6.45, 7) is 8.20. The fraction of sp³-hybridized carbons (Fsp3) is 0.412. The predicted molar refractivity (Wildman–Crippen MR) is 160 cm³/mol. The Morgan fingerprint density at radius 2 is 1.55 bits per heavy atom. The van der Waals surface area contributed by atoms with E-state index in [2.05, 4.69) is 55.4 Å². The van der Waals surface area contributed by atoms with Gasteiger partial charge in [-0.25, -0.2) is 0 Å². The number of esters is 1. The standard InChI is InChI=1S/C34H42N2O6/c1-22-31(20-36(5)23(2)28-9-7-6-8-10-28)41-34(42-32(22)29-15-13-27(21-37)14-16-29)30-17-11-26(12-18-30)19-35-33(39)24(3)40-25(4)38/h6-18,22-24,31-32,34,37H,19-21H2,1-5H3,(H,35,39). The zero-order chi connectivity index (χ0) is 30.2. The number of hydrogen-bond acceptors (Lipinski definition) is 7. The molecule has 0 bridgehead atoms. The fourth-order valence-corrected chi connectivity index (χ4v) is 5.18. The SMILES string of the molecule is CC(=O)OC(C)C(=O)NCc1ccc(C2OC(CN(C)C(C)c3ccccc3)C(C)C(c3ccc(CO)cc3)O2)cc1. The van der Waals surface area contributed by atoms with Crippen LogP contribution in [-0.4, -0.2) is 47.7 Å². The van der Waals surface area contributed by atoms with Gasteiger partial charge in [-0.2, -0.15) is 0 Å². The molecule has 1 aliphatic heterocycles. The molecule has 0 aromatic heterocycles. The maximum atomic E-state index is 12.2. The molecule has 4 rings (SSSR count). The van der Waals surface area contributed by atoms with E-state index >= 15 is 0 Å². The summed E-state index contributed by atoms with van der Waals surface area (Å²) >= 11 is 0. The van der Waals surface area contributed by atoms with E-state index in [1.54, 1.807) is 6.92 Å². The van der Waals surface area contributed by atoms with Crippen LogP contribution in [0.1, 0.15) is 73.9 Å². The molecule has 42 heavy (non-hydrogen) atoms. The van der Waals surface area contributed by atoms with Crippen LogP contribution in [0.5, 0.6) is 0 Å². The average molecular weight is 575 g/mol. The Morgan fingerprint density at radius 3 is 2.17 bits per heavy atom. The van der Waals surface area contributed by atoms with E-state index in [1.807, 2.05) is 54.6 Å². The Bertz CT molecular complexity index is 1300. The molecule has 0 aliphatic carbocycles. The highest BCUT2D eigenvalue weighted by molar-refractivity contribution is 5.82. The molecule has 3 aromatic carbocycles. The van der Waals surface area contributed by atoms with Crippen LogP contribution in [-0.2, 0) is 37.0 Å². The highest BCUT2D eigenvalue weighted by atomic mass is 16.7. The Morgan fingerprint density at radius 1 is 0.929 bits per heavy atom. The summed E-state index contributed by atoms with van der Waals surface area (Å²) in [6, 6.07) is 26.3. The van der Waals surface area contributed by atoms with Crippen LogP contribution in [0, 0.1) is 5.92 Å². The zero-order valence-electron chi connectivity index (χ0n) is 25.0. The molecule has 1 fully saturated rings. The molecule has 1 aliphatic rings. The first-order chi connectivity index (χ1) is 20.2. The fourth-order valence-electron chi connectivity index (χ4n) is 5.18. The first kappa shape index (κ1) is 31.4. The van der Waals surface area contributed by atoms with Crippen molar-refractivity contribution in [2.75, 3.05) is 13.6 Å². The largest absolute Gasteiger partial charge is 0.453 e. The quantitative estimate of drug-likeness (QED) is 0.303. The van der Waals surface area contributed by atoms with Gasteiger partial charge in [-0.05, 0) is 43.1 Å². The summed E-state index contributed by atoms with van der Waals surface area (Å²) in [5.41, 5.74) is 4.92. The number of likely N-dealkylation sites (N-methyl/N-ethyl adjacent to an activating group) is 1. The maximum absolute atomic E-state index is 12.2. The molecule has 6 atom stereocenters. The second-order valence-electron chi connectivity index (χ2n) is 11.1. The van der Waals surface area contributed by atoms with Crippen LogP contribution in [0.25, 0.3) is 0 Å². The van der Waals surface area contributed by atoms with Crippen molar-refractivity contribution in [1.82, 2.24) is 10.2 Å². The van der Waals surface area contributed by atoms with Gasteiger partial charge < -0.3 is 24.6 Å². The highest BCUT2D eigenvalue weighted by Crippen LogP contribution is 2.42. The Hall–Kier alpha value is -3.56. The Kier molecular flexibility index (Phi) is 10.9. The van der Waals surface area contributed by atoms with Crippen LogP contribution in [0.15, 0.2) is 78.9 Å². The molecular formula is C34H42N2O6. The van der Waals surface area contributed by atoms with Gasteiger partial charge in [-0.15, -0.1) is 0 Å². The number of benzene rings is 3. The number of nitrogens with one attached hydrogen (secondary N) is 1. The minimum Gasteiger partial charge on any atom is -0.453 e. The summed E-state index contributed by atoms with van der Waals surface area (Å²) in [5.74, 6) is -0.778. The van der Waals surface area contributed by atoms with E-state index in [-0.39, 0.29) is 36.7 Å². The summed E-state index contributed by atoms with van der Waals surface area (Å²) in [6.07, 6.45) is -1.74. The van der Waals surface area contributed by atoms with Crippen LogP contribution in [0.4, 0.5) is 0 Å². The van der Waals surface area contributed by atoms with Gasteiger partial charge >= 0.3 is 5.97 Å². The normalized spacial score (nSPS) is 21.9. The summed E-state index contributed by atoms with van der Waals surface area (Å²) in [5, 5.41) is 12.3. The second kappa shape index (κ2) is 14.6. The first-order valence-corrected chi connectivity index (χ1v) is 14.5. The number of amides is 1. The number of hydrogen-bond donors (Lipinski definition) is 2. The monoisotopic (exact) mass is 574 g/mol. The third kappa shape index (κ3) is 8.04. The summed E-state index contributed by atoms with van der Waals surface area (Å²) in [4.78, 5) is 25.7. The lowest BCUT2D eigenvalue weighted by Gasteiger charge is -2.43. The molecular weight excluding hydrogens is 532 g/mol. The summed E-state index contributed by atoms with van der Waals surface area (Å²) in [7, 11) is 2.12. The van der Waals surface area contributed by atoms with Gasteiger partial charge in [0.1, 0.15) is 0 Å². The van der Waals surface area contributed by atoms with E-state index in [9.17, 15) is 14.7 Å². The minimum absolute atomic E-state index is 0.00659. The van der Waals surface area contributed by atoms with Crippen LogP contribution < -0.4 is 5.32 Å². The lowest BCUT2D eigenvalue weighted by molar-refractivity contribution is -0.276. The average Bonchev–Trinajstić information content (AvgIpc) is 3.00. The first-order valence-electron chi connectivity index (χ1n) is 14.5. The van der Waals surface area contributed by atoms with Crippen LogP contribution in [0.2, 0.25) is 0 Å². The van der Waals surface area contributed by atoms with Crippen LogP contribution in [0.3, 0.4) is 0 Å². The highest BCUT2D eigenvalue weighted by Gasteiger charge is 2.39. The number of ether oxygens (including phenoxy) is 3. The molecule has 8 heteroatoms. The molecule has 1 amide bonds. The lowest BCUT2D eigenvalue weighted by atomic mass is 9.89. The van der Waals surface area contributed by atoms with Gasteiger partial charge in [0.05, 0.1) is 18.8 Å². The molecule has 1 heterocycles. The van der Waals surface area contributed by atoms with Gasteiger partial charge in [-0.1, -0.05) is 85.8 Å². The van der Waals surface area contributed by atoms with Crippen molar-refractivity contribution >= 4 is 11.9 Å². The minimum atomic E-state index is -0.851. The van der Waals surface area contributed by atoms with Crippen molar-refractivity contribution in [2.45, 2.75) is 71.5 Å². The molecule has 2 N–H and O–H groups in total. The smallest absolute Gasteiger partial charge is 0.303 e. The third-order valence-electron chi connectivity index (χ3n) is 7.97. The predicted octanol–water partition coefficient (Wildman–Crippen LogP) is 5.23. The van der Waals surface area contributed by atoms with Crippen molar-refractivity contribution in [2.24, 2.45) is 5.92 Å². The van der Waals surface area contributed by atoms with Crippen molar-refractivity contribution in [1.29, 1.82) is 0 Å². The molecule has 0 spiro atoms. The van der Waals surface area contributed by atoms with Crippen molar-refractivity contribution in [3.63, 3.8) is 0 Å². The molecule has 1 saturated heterocycles. The molecule has 0 saturated carbocycles. The van der Waals surface area contributed by atoms with E-state index in [4.69, 9.17) is 14.2 Å². The molecule has 0 radical (unpaired) electrons. The van der Waals surface area contributed by atoms with Crippen molar-refractivity contribution in [3.05, 3.63) is 107 Å². The zero-order valence-corrected chi connectivity index (χ0v) is 25.0. The van der Waals surface area contributed by atoms with E-state index < -0.39 is 18.4 Å². The second-order valence-corrected chi connectivity index (χ2v) is 11.1. The maximum Gasteiger partial charge on any atom is 0.303 e. The van der Waals surface area contributed by atoms with Gasteiger partial charge in [-0.3, -0.25) is 14.5 Å². The molecule has 8 nitrogen and oxygen atoms in total. The number of carbonyl (C=O) groups is 2. The topological polar surface area (TPSA) is 97.3 Å². The number of nitrogens with zero attached hydrogens (tertiary/aromatic N) is 1. The van der Waals surface area contributed by atoms with E-state index in [0.29, 0.717) is 13.1 Å². The van der Waals surface area contributed by atoms with Gasteiger partial charge in [0.15, 0.2) is 12.4 Å². The molecule has 3 aromatic rings. The van der Waals surface area contributed by atoms with Crippen molar-refractivity contribution in [3.8, 4) is 0 Å². The number of aliphatic hydroxyl groups excluding tert-OH is 1. The van der Waals surface area contributed by atoms with Gasteiger partial charge in [0.2, 0.25) is 0 Å². The lowest BCUT2D eigenvalue weighted by Crippen LogP contribution is -2.44. The molecule has 224 valence electrons. The number of carbonyl (C=O) groups excluding carboxylic acids is 2.